The molecule has 9 atom stereocenters. The highest BCUT2D eigenvalue weighted by molar-refractivity contribution is 6.05. The van der Waals surface area contributed by atoms with E-state index >= 15 is 0 Å². The fourth-order valence-electron chi connectivity index (χ4n) is 9.51. The topological polar surface area (TPSA) is 135 Å². The molecule has 8 heteroatoms. The minimum Gasteiger partial charge on any atom is -0.481 e. The van der Waals surface area contributed by atoms with Crippen molar-refractivity contribution in [3.05, 3.63) is 11.1 Å². The number of ketones is 3. The van der Waals surface area contributed by atoms with Gasteiger partial charge in [0.2, 0.25) is 0 Å². The number of Topliss-reactive ketones (excluding diaryl/α,β-unsaturated/α-hetero) is 3. The lowest BCUT2D eigenvalue weighted by Gasteiger charge is -2.62. The molecular formula is C32H46O8. The Kier molecular flexibility index (Phi) is 7.56. The number of ether oxygens (including phenoxy) is 1. The average Bonchev–Trinajstić information content (AvgIpc) is 3.03. The zero-order valence-electron chi connectivity index (χ0n) is 25.3. The van der Waals surface area contributed by atoms with Crippen LogP contribution in [0.3, 0.4) is 0 Å². The van der Waals surface area contributed by atoms with Crippen LogP contribution < -0.4 is 0 Å². The molecule has 0 bridgehead atoms. The highest BCUT2D eigenvalue weighted by Crippen LogP contribution is 2.70. The van der Waals surface area contributed by atoms with Gasteiger partial charge in [0.25, 0.3) is 0 Å². The standard InChI is InChI=1S/C32H46O8/c1-16(11-19(34)12-17(2)28(38)39)20-13-24(37)32(8)27-21(35)14-23-29(4,5)25(40-18(3)33)9-10-30(23,6)26(27)22(36)15-31(20,32)7/h16-17,20-21,23,25,35H,9-15H2,1-8H3,(H,38,39)/t16-,17-,20-,21+,23+,25+,30+,31-,32+/m1/s1. The molecule has 0 amide bonds. The summed E-state index contributed by atoms with van der Waals surface area (Å²) < 4.78 is 5.69. The van der Waals surface area contributed by atoms with Crippen LogP contribution in [0, 0.1) is 45.3 Å². The molecule has 0 saturated heterocycles. The normalized spacial score (nSPS) is 40.0. The molecule has 0 heterocycles. The number of esters is 1. The number of aliphatic hydroxyl groups excluding tert-OH is 1. The van der Waals surface area contributed by atoms with Gasteiger partial charge in [0.05, 0.1) is 17.4 Å². The van der Waals surface area contributed by atoms with E-state index in [1.807, 2.05) is 34.6 Å². The maximum Gasteiger partial charge on any atom is 0.306 e. The van der Waals surface area contributed by atoms with E-state index in [0.717, 1.165) is 0 Å². The molecule has 2 N–H and O–H groups in total. The van der Waals surface area contributed by atoms with Crippen molar-refractivity contribution in [1.82, 2.24) is 0 Å². The summed E-state index contributed by atoms with van der Waals surface area (Å²) in [5.74, 6) is -2.94. The van der Waals surface area contributed by atoms with Gasteiger partial charge in [-0.15, -0.1) is 0 Å². The number of allylic oxidation sites excluding steroid dienone is 1. The highest BCUT2D eigenvalue weighted by atomic mass is 16.5. The summed E-state index contributed by atoms with van der Waals surface area (Å²) in [6.07, 6.45) is 0.743. The summed E-state index contributed by atoms with van der Waals surface area (Å²) in [5, 5.41) is 21.0. The molecule has 0 radical (unpaired) electrons. The van der Waals surface area contributed by atoms with Crippen LogP contribution in [0.4, 0.5) is 0 Å². The van der Waals surface area contributed by atoms with Crippen molar-refractivity contribution in [1.29, 1.82) is 0 Å². The van der Waals surface area contributed by atoms with E-state index in [0.29, 0.717) is 30.4 Å². The maximum atomic E-state index is 14.2. The molecule has 222 valence electrons. The average molecular weight is 559 g/mol. The monoisotopic (exact) mass is 558 g/mol. The SMILES string of the molecule is CC(=O)O[C@H]1CC[C@]2(C)C3=C([C@@H](O)C[C@H]2C1(C)C)[C@]1(C)C(=O)C[C@H]([C@H](C)CC(=O)C[C@@H](C)C(=O)O)[C@@]1(C)CC3=O. The first-order valence-corrected chi connectivity index (χ1v) is 14.7. The number of aliphatic carboxylic acids is 1. The van der Waals surface area contributed by atoms with Gasteiger partial charge in [0.15, 0.2) is 5.78 Å². The van der Waals surface area contributed by atoms with Crippen molar-refractivity contribution in [3.8, 4) is 0 Å². The lowest BCUT2D eigenvalue weighted by atomic mass is 9.42. The van der Waals surface area contributed by atoms with Crippen LogP contribution in [0.1, 0.15) is 100 Å². The summed E-state index contributed by atoms with van der Waals surface area (Å²) in [6, 6.07) is 0. The lowest BCUT2D eigenvalue weighted by molar-refractivity contribution is -0.171. The molecule has 8 nitrogen and oxygen atoms in total. The summed E-state index contributed by atoms with van der Waals surface area (Å²) in [4.78, 5) is 64.1. The van der Waals surface area contributed by atoms with Crippen molar-refractivity contribution in [2.45, 2.75) is 113 Å². The molecule has 0 aliphatic heterocycles. The Balaban J connectivity index is 1.73. The predicted molar refractivity (Wildman–Crippen MR) is 147 cm³/mol. The number of carbonyl (C=O) groups excluding carboxylic acids is 4. The van der Waals surface area contributed by atoms with E-state index in [9.17, 15) is 34.2 Å². The van der Waals surface area contributed by atoms with E-state index in [1.54, 1.807) is 0 Å². The third-order valence-electron chi connectivity index (χ3n) is 11.8. The summed E-state index contributed by atoms with van der Waals surface area (Å²) in [5.41, 5.74) is -1.70. The minimum absolute atomic E-state index is 0.00726. The third-order valence-corrected chi connectivity index (χ3v) is 11.8. The van der Waals surface area contributed by atoms with Crippen LogP contribution in [0.15, 0.2) is 11.1 Å². The lowest BCUT2D eigenvalue weighted by Crippen LogP contribution is -2.61. The van der Waals surface area contributed by atoms with Gasteiger partial charge >= 0.3 is 11.9 Å². The Morgan fingerprint density at radius 1 is 1.05 bits per heavy atom. The van der Waals surface area contributed by atoms with Gasteiger partial charge in [-0.1, -0.05) is 41.5 Å². The molecular weight excluding hydrogens is 512 g/mol. The Morgan fingerprint density at radius 3 is 2.25 bits per heavy atom. The van der Waals surface area contributed by atoms with Gasteiger partial charge in [0.1, 0.15) is 17.7 Å². The van der Waals surface area contributed by atoms with Crippen molar-refractivity contribution < 1.29 is 38.9 Å². The smallest absolute Gasteiger partial charge is 0.306 e. The van der Waals surface area contributed by atoms with Gasteiger partial charge < -0.3 is 14.9 Å². The second-order valence-electron chi connectivity index (χ2n) is 14.5. The molecule has 2 fully saturated rings. The van der Waals surface area contributed by atoms with Gasteiger partial charge in [-0.05, 0) is 60.3 Å². The van der Waals surface area contributed by atoms with Gasteiger partial charge in [0, 0.05) is 43.6 Å². The number of fused-ring (bicyclic) bond motifs is 4. The zero-order chi connectivity index (χ0) is 30.2. The first-order chi connectivity index (χ1) is 18.3. The number of aliphatic hydroxyl groups is 1. The van der Waals surface area contributed by atoms with Gasteiger partial charge in [-0.2, -0.15) is 0 Å². The zero-order valence-corrected chi connectivity index (χ0v) is 25.3. The largest absolute Gasteiger partial charge is 0.481 e. The fourth-order valence-corrected chi connectivity index (χ4v) is 9.51. The molecule has 4 aliphatic rings. The Hall–Kier alpha value is -2.35. The number of carbonyl (C=O) groups is 5. The van der Waals surface area contributed by atoms with Crippen LogP contribution in [-0.2, 0) is 28.7 Å². The van der Waals surface area contributed by atoms with Crippen molar-refractivity contribution in [2.75, 3.05) is 0 Å². The van der Waals surface area contributed by atoms with Crippen LogP contribution in [0.5, 0.6) is 0 Å². The number of hydrogen-bond donors (Lipinski definition) is 2. The van der Waals surface area contributed by atoms with Gasteiger partial charge in [-0.25, -0.2) is 0 Å². The second-order valence-corrected chi connectivity index (χ2v) is 14.5. The Labute approximate surface area is 237 Å². The summed E-state index contributed by atoms with van der Waals surface area (Å²) in [6.45, 7) is 14.8. The van der Waals surface area contributed by atoms with Crippen molar-refractivity contribution in [2.24, 2.45) is 45.3 Å². The van der Waals surface area contributed by atoms with Crippen molar-refractivity contribution >= 4 is 29.3 Å². The van der Waals surface area contributed by atoms with E-state index in [-0.39, 0.29) is 72.9 Å². The quantitative estimate of drug-likeness (QED) is 0.429. The number of carboxylic acid groups (broad SMARTS) is 1. The van der Waals surface area contributed by atoms with E-state index in [1.165, 1.54) is 13.8 Å². The molecule has 0 aromatic heterocycles. The van der Waals surface area contributed by atoms with Crippen LogP contribution in [-0.4, -0.2) is 51.7 Å². The summed E-state index contributed by atoms with van der Waals surface area (Å²) >= 11 is 0. The minimum atomic E-state index is -1.04. The number of carboxylic acids is 1. The molecule has 40 heavy (non-hydrogen) atoms. The molecule has 0 aromatic rings. The maximum absolute atomic E-state index is 14.2. The van der Waals surface area contributed by atoms with E-state index in [4.69, 9.17) is 4.74 Å². The first kappa shape index (κ1) is 30.6. The molecule has 0 aromatic carbocycles. The molecule has 4 aliphatic carbocycles. The number of hydrogen-bond acceptors (Lipinski definition) is 7. The van der Waals surface area contributed by atoms with Crippen molar-refractivity contribution in [3.63, 3.8) is 0 Å². The number of rotatable bonds is 7. The Morgan fingerprint density at radius 2 is 1.68 bits per heavy atom. The van der Waals surface area contributed by atoms with E-state index in [2.05, 4.69) is 6.92 Å². The first-order valence-electron chi connectivity index (χ1n) is 14.7. The van der Waals surface area contributed by atoms with Gasteiger partial charge in [-0.3, -0.25) is 24.0 Å². The molecule has 0 spiro atoms. The van der Waals surface area contributed by atoms with Crippen LogP contribution in [0.25, 0.3) is 0 Å². The van der Waals surface area contributed by atoms with Crippen LogP contribution in [0.2, 0.25) is 0 Å². The molecule has 0 unspecified atom stereocenters. The Bertz CT molecular complexity index is 1180. The predicted octanol–water partition coefficient (Wildman–Crippen LogP) is 4.70. The summed E-state index contributed by atoms with van der Waals surface area (Å²) in [7, 11) is 0. The highest BCUT2D eigenvalue weighted by Gasteiger charge is 2.70. The molecule has 4 rings (SSSR count). The molecule has 2 saturated carbocycles. The van der Waals surface area contributed by atoms with E-state index < -0.39 is 39.7 Å². The third kappa shape index (κ3) is 4.31. The van der Waals surface area contributed by atoms with Crippen LogP contribution >= 0.6 is 0 Å². The second kappa shape index (κ2) is 9.88. The fraction of sp³-hybridized carbons (Fsp3) is 0.781.